The molecule has 4 rings (SSSR count). The number of hydrogen-bond donors (Lipinski definition) is 2. The Balaban J connectivity index is 1.84. The van der Waals surface area contributed by atoms with Crippen LogP contribution in [-0.2, 0) is 22.4 Å². The van der Waals surface area contributed by atoms with Gasteiger partial charge in [-0.15, -0.1) is 11.3 Å². The molecule has 1 amide bonds. The van der Waals surface area contributed by atoms with E-state index < -0.39 is 0 Å². The number of ether oxygens (including phenoxy) is 1. The summed E-state index contributed by atoms with van der Waals surface area (Å²) < 4.78 is 7.50. The molecule has 152 valence electrons. The molecule has 1 fully saturated rings. The van der Waals surface area contributed by atoms with Gasteiger partial charge in [-0.3, -0.25) is 10.1 Å². The number of hydrogen-bond acceptors (Lipinski definition) is 5. The third kappa shape index (κ3) is 3.51. The van der Waals surface area contributed by atoms with E-state index in [4.69, 9.17) is 17.0 Å². The van der Waals surface area contributed by atoms with Crippen LogP contribution in [0.2, 0.25) is 0 Å². The summed E-state index contributed by atoms with van der Waals surface area (Å²) in [5.74, 6) is -0.491. The second kappa shape index (κ2) is 7.76. The number of carbonyl (C=O) groups excluding carboxylic acids is 2. The molecule has 0 saturated carbocycles. The zero-order valence-electron chi connectivity index (χ0n) is 16.7. The van der Waals surface area contributed by atoms with Gasteiger partial charge in [0, 0.05) is 16.3 Å². The topological polar surface area (TPSA) is 72.4 Å². The highest BCUT2D eigenvalue weighted by Crippen LogP contribution is 2.39. The lowest BCUT2D eigenvalue weighted by Gasteiger charge is -2.13. The van der Waals surface area contributed by atoms with Gasteiger partial charge >= 0.3 is 5.97 Å². The monoisotopic (exact) mass is 429 g/mol. The predicted molar refractivity (Wildman–Crippen MR) is 118 cm³/mol. The Bertz CT molecular complexity index is 1060. The van der Waals surface area contributed by atoms with Crippen molar-refractivity contribution in [2.75, 3.05) is 6.61 Å². The van der Waals surface area contributed by atoms with Crippen LogP contribution in [0.4, 0.5) is 0 Å². The van der Waals surface area contributed by atoms with E-state index in [9.17, 15) is 9.59 Å². The minimum absolute atomic E-state index is 0.237. The number of esters is 1. The largest absolute Gasteiger partial charge is 0.462 e. The van der Waals surface area contributed by atoms with Crippen LogP contribution in [0.3, 0.4) is 0 Å². The highest BCUT2D eigenvalue weighted by Gasteiger charge is 2.29. The van der Waals surface area contributed by atoms with Crippen LogP contribution < -0.4 is 10.6 Å². The van der Waals surface area contributed by atoms with E-state index in [1.165, 1.54) is 4.88 Å². The minimum atomic E-state index is -0.253. The molecule has 0 unspecified atom stereocenters. The van der Waals surface area contributed by atoms with Crippen molar-refractivity contribution in [3.8, 4) is 5.00 Å². The molecule has 1 aliphatic carbocycles. The minimum Gasteiger partial charge on any atom is -0.462 e. The number of rotatable bonds is 4. The van der Waals surface area contributed by atoms with Gasteiger partial charge in [-0.05, 0) is 81.9 Å². The fourth-order valence-electron chi connectivity index (χ4n) is 4.01. The Morgan fingerprint density at radius 2 is 2.07 bits per heavy atom. The molecule has 0 aromatic carbocycles. The normalized spacial score (nSPS) is 17.3. The van der Waals surface area contributed by atoms with E-state index in [0.717, 1.165) is 53.2 Å². The quantitative estimate of drug-likeness (QED) is 0.442. The highest BCUT2D eigenvalue weighted by atomic mass is 32.1. The van der Waals surface area contributed by atoms with Gasteiger partial charge in [0.05, 0.1) is 12.2 Å². The van der Waals surface area contributed by atoms with Gasteiger partial charge in [0.1, 0.15) is 10.7 Å². The Morgan fingerprint density at radius 1 is 1.31 bits per heavy atom. The standard InChI is InChI=1S/C21H23N3O3S2/c1-4-27-20(26)17-14-7-5-6-8-16(14)29-19(17)24-11(2)9-13(12(24)3)10-15-18(25)23-21(28)22-15/h9-10H,4-8H2,1-3H3,(H2,22,23,25,28)/b15-10-. The van der Waals surface area contributed by atoms with E-state index in [1.807, 2.05) is 26.8 Å². The molecule has 2 aliphatic rings. The number of carbonyl (C=O) groups is 2. The molecule has 0 atom stereocenters. The molecule has 0 spiro atoms. The number of fused-ring (bicyclic) bond motifs is 1. The average molecular weight is 430 g/mol. The van der Waals surface area contributed by atoms with Crippen molar-refractivity contribution in [2.24, 2.45) is 0 Å². The molecular formula is C21H23N3O3S2. The van der Waals surface area contributed by atoms with Crippen molar-refractivity contribution in [3.63, 3.8) is 0 Å². The maximum absolute atomic E-state index is 12.8. The van der Waals surface area contributed by atoms with Crippen LogP contribution in [-0.4, -0.2) is 28.2 Å². The Hall–Kier alpha value is -2.45. The molecule has 0 radical (unpaired) electrons. The van der Waals surface area contributed by atoms with Crippen molar-refractivity contribution >= 4 is 46.6 Å². The van der Waals surface area contributed by atoms with Crippen molar-refractivity contribution < 1.29 is 14.3 Å². The number of thiophene rings is 1. The van der Waals surface area contributed by atoms with Crippen molar-refractivity contribution in [1.29, 1.82) is 0 Å². The van der Waals surface area contributed by atoms with E-state index in [-0.39, 0.29) is 11.9 Å². The van der Waals surface area contributed by atoms with Crippen LogP contribution in [0.1, 0.15) is 57.5 Å². The van der Waals surface area contributed by atoms with Crippen LogP contribution in [0.15, 0.2) is 11.8 Å². The second-order valence-electron chi connectivity index (χ2n) is 7.24. The molecule has 3 heterocycles. The second-order valence-corrected chi connectivity index (χ2v) is 8.73. The van der Waals surface area contributed by atoms with Crippen molar-refractivity contribution in [2.45, 2.75) is 46.5 Å². The van der Waals surface area contributed by atoms with E-state index in [1.54, 1.807) is 17.4 Å². The van der Waals surface area contributed by atoms with E-state index >= 15 is 0 Å². The Labute approximate surface area is 178 Å². The molecule has 6 nitrogen and oxygen atoms in total. The third-order valence-corrected chi connectivity index (χ3v) is 6.81. The first-order valence-electron chi connectivity index (χ1n) is 9.75. The van der Waals surface area contributed by atoms with Crippen molar-refractivity contribution in [3.05, 3.63) is 44.7 Å². The summed E-state index contributed by atoms with van der Waals surface area (Å²) in [5.41, 5.74) is 5.14. The summed E-state index contributed by atoms with van der Waals surface area (Å²) in [4.78, 5) is 26.1. The summed E-state index contributed by atoms with van der Waals surface area (Å²) in [6.07, 6.45) is 5.96. The van der Waals surface area contributed by atoms with Crippen LogP contribution >= 0.6 is 23.6 Å². The average Bonchev–Trinajstić information content (AvgIpc) is 3.28. The summed E-state index contributed by atoms with van der Waals surface area (Å²) in [6, 6.07) is 2.02. The van der Waals surface area contributed by atoms with Crippen LogP contribution in [0.5, 0.6) is 0 Å². The number of aromatic nitrogens is 1. The first kappa shape index (κ1) is 19.8. The van der Waals surface area contributed by atoms with Gasteiger partial charge in [0.15, 0.2) is 5.11 Å². The predicted octanol–water partition coefficient (Wildman–Crippen LogP) is 3.56. The summed E-state index contributed by atoms with van der Waals surface area (Å²) >= 11 is 6.69. The van der Waals surface area contributed by atoms with Gasteiger partial charge in [-0.1, -0.05) is 0 Å². The molecule has 1 aliphatic heterocycles. The lowest BCUT2D eigenvalue weighted by atomic mass is 9.95. The third-order valence-electron chi connectivity index (χ3n) is 5.33. The summed E-state index contributed by atoms with van der Waals surface area (Å²) in [6.45, 7) is 6.19. The fourth-order valence-corrected chi connectivity index (χ4v) is 5.70. The SMILES string of the molecule is CCOC(=O)c1c(-n2c(C)cc(/C=C3\NC(=S)NC3=O)c2C)sc2c1CCCC2. The lowest BCUT2D eigenvalue weighted by Crippen LogP contribution is -2.21. The lowest BCUT2D eigenvalue weighted by molar-refractivity contribution is -0.115. The molecule has 2 N–H and O–H groups in total. The highest BCUT2D eigenvalue weighted by molar-refractivity contribution is 7.80. The Kier molecular flexibility index (Phi) is 5.31. The molecule has 29 heavy (non-hydrogen) atoms. The molecule has 2 aromatic heterocycles. The smallest absolute Gasteiger partial charge is 0.341 e. The molecule has 1 saturated heterocycles. The van der Waals surface area contributed by atoms with Crippen LogP contribution in [0.25, 0.3) is 11.1 Å². The molecule has 8 heteroatoms. The maximum atomic E-state index is 12.8. The van der Waals surface area contributed by atoms with Gasteiger partial charge in [0.25, 0.3) is 5.91 Å². The van der Waals surface area contributed by atoms with Gasteiger partial charge < -0.3 is 14.6 Å². The molecule has 0 bridgehead atoms. The van der Waals surface area contributed by atoms with Crippen LogP contribution in [0, 0.1) is 13.8 Å². The molecule has 2 aromatic rings. The zero-order valence-corrected chi connectivity index (χ0v) is 18.3. The molecular weight excluding hydrogens is 406 g/mol. The first-order valence-corrected chi connectivity index (χ1v) is 11.0. The number of nitrogens with zero attached hydrogens (tertiary/aromatic N) is 1. The number of aryl methyl sites for hydroxylation is 2. The van der Waals surface area contributed by atoms with E-state index in [2.05, 4.69) is 15.2 Å². The number of nitrogens with one attached hydrogen (secondary N) is 2. The van der Waals surface area contributed by atoms with Gasteiger partial charge in [0.2, 0.25) is 0 Å². The summed E-state index contributed by atoms with van der Waals surface area (Å²) in [7, 11) is 0. The van der Waals surface area contributed by atoms with Gasteiger partial charge in [-0.25, -0.2) is 4.79 Å². The van der Waals surface area contributed by atoms with Gasteiger partial charge in [-0.2, -0.15) is 0 Å². The Morgan fingerprint density at radius 3 is 2.76 bits per heavy atom. The number of amides is 1. The van der Waals surface area contributed by atoms with E-state index in [0.29, 0.717) is 23.0 Å². The first-order chi connectivity index (χ1) is 13.9. The van der Waals surface area contributed by atoms with Crippen molar-refractivity contribution in [1.82, 2.24) is 15.2 Å². The summed E-state index contributed by atoms with van der Waals surface area (Å²) in [5, 5.41) is 6.69. The zero-order chi connectivity index (χ0) is 20.7. The fraction of sp³-hybridized carbons (Fsp3) is 0.381. The number of thiocarbonyl (C=S) groups is 1. The maximum Gasteiger partial charge on any atom is 0.341 e.